The number of nitrogens with zero attached hydrogens (tertiary/aromatic N) is 5. The van der Waals surface area contributed by atoms with Crippen LogP contribution in [0.4, 0.5) is 19.4 Å². The Bertz CT molecular complexity index is 1280. The van der Waals surface area contributed by atoms with Crippen molar-refractivity contribution >= 4 is 23.0 Å². The summed E-state index contributed by atoms with van der Waals surface area (Å²) in [6.07, 6.45) is 6.26. The van der Waals surface area contributed by atoms with Crippen LogP contribution >= 0.6 is 0 Å². The van der Waals surface area contributed by atoms with Gasteiger partial charge in [-0.25, -0.2) is 28.1 Å². The highest BCUT2D eigenvalue weighted by Gasteiger charge is 2.30. The van der Waals surface area contributed by atoms with Gasteiger partial charge >= 0.3 is 6.03 Å². The highest BCUT2D eigenvalue weighted by atomic mass is 19.1. The summed E-state index contributed by atoms with van der Waals surface area (Å²) in [5.41, 5.74) is 2.21. The molecule has 7 nitrogen and oxygen atoms in total. The predicted molar refractivity (Wildman–Crippen MR) is 115 cm³/mol. The van der Waals surface area contributed by atoms with Gasteiger partial charge in [0.15, 0.2) is 5.65 Å². The summed E-state index contributed by atoms with van der Waals surface area (Å²) in [6, 6.07) is 10.0. The number of carbonyl (C=O) groups excluding carboxylic acids is 1. The van der Waals surface area contributed by atoms with E-state index < -0.39 is 11.6 Å². The van der Waals surface area contributed by atoms with Crippen LogP contribution in [0.5, 0.6) is 0 Å². The molecular weight excluding hydrogens is 414 g/mol. The quantitative estimate of drug-likeness (QED) is 0.521. The van der Waals surface area contributed by atoms with E-state index >= 15 is 0 Å². The zero-order chi connectivity index (χ0) is 22.1. The van der Waals surface area contributed by atoms with E-state index in [0.717, 1.165) is 24.1 Å². The highest BCUT2D eigenvalue weighted by Crippen LogP contribution is 2.37. The first-order valence-electron chi connectivity index (χ1n) is 10.3. The van der Waals surface area contributed by atoms with Gasteiger partial charge in [-0.1, -0.05) is 0 Å². The number of aromatic nitrogens is 4. The highest BCUT2D eigenvalue weighted by molar-refractivity contribution is 5.87. The lowest BCUT2D eigenvalue weighted by molar-refractivity contribution is 0.242. The minimum Gasteiger partial charge on any atom is -0.349 e. The minimum atomic E-state index is -0.472. The molecule has 1 saturated heterocycles. The molecule has 3 aromatic heterocycles. The van der Waals surface area contributed by atoms with E-state index in [1.165, 1.54) is 17.0 Å². The Morgan fingerprint density at radius 2 is 1.97 bits per heavy atom. The lowest BCUT2D eigenvalue weighted by Gasteiger charge is -2.26. The molecule has 1 aromatic carbocycles. The number of hydrogen-bond acceptors (Lipinski definition) is 5. The van der Waals surface area contributed by atoms with Crippen molar-refractivity contribution in [2.45, 2.75) is 25.4 Å². The molecule has 1 fully saturated rings. The van der Waals surface area contributed by atoms with Crippen molar-refractivity contribution in [3.8, 4) is 0 Å². The van der Waals surface area contributed by atoms with Gasteiger partial charge in [-0.05, 0) is 60.9 Å². The number of pyridine rings is 2. The van der Waals surface area contributed by atoms with Gasteiger partial charge in [-0.15, -0.1) is 0 Å². The molecule has 0 aliphatic carbocycles. The minimum absolute atomic E-state index is 0.313. The van der Waals surface area contributed by atoms with Crippen LogP contribution in [0.1, 0.15) is 30.0 Å². The third kappa shape index (κ3) is 3.77. The molecule has 1 amide bonds. The second kappa shape index (κ2) is 8.33. The number of rotatable bonds is 4. The first-order chi connectivity index (χ1) is 15.6. The largest absolute Gasteiger partial charge is 0.349 e. The van der Waals surface area contributed by atoms with Gasteiger partial charge in [0.25, 0.3) is 0 Å². The van der Waals surface area contributed by atoms with E-state index in [0.29, 0.717) is 42.1 Å². The number of benzene rings is 1. The average Bonchev–Trinajstić information content (AvgIpc) is 3.46. The van der Waals surface area contributed by atoms with Gasteiger partial charge in [0.1, 0.15) is 29.3 Å². The number of hydrogen-bond donors (Lipinski definition) is 1. The standard InChI is InChI=1S/C23H20F2N6O/c24-16-3-4-18(25)17(12-16)20-2-1-11-30(20)21-6-5-19-22(29-21)31(14-28-19)23(32)27-13-15-7-9-26-10-8-15/h3-10,12,14,20H,1-2,11,13H2,(H,27,32)/t20-/m1/s1. The van der Waals surface area contributed by atoms with Gasteiger partial charge < -0.3 is 10.2 Å². The van der Waals surface area contributed by atoms with Crippen LogP contribution in [0.2, 0.25) is 0 Å². The Hall–Kier alpha value is -3.88. The molecule has 0 saturated carbocycles. The molecule has 5 rings (SSSR count). The fraction of sp³-hybridized carbons (Fsp3) is 0.217. The molecule has 1 aliphatic heterocycles. The maximum absolute atomic E-state index is 14.4. The monoisotopic (exact) mass is 434 g/mol. The molecule has 9 heteroatoms. The molecular formula is C23H20F2N6O. The van der Waals surface area contributed by atoms with Crippen molar-refractivity contribution < 1.29 is 13.6 Å². The summed E-state index contributed by atoms with van der Waals surface area (Å²) < 4.78 is 29.6. The first-order valence-corrected chi connectivity index (χ1v) is 10.3. The third-order valence-electron chi connectivity index (χ3n) is 5.66. The Kier molecular flexibility index (Phi) is 5.22. The van der Waals surface area contributed by atoms with Crippen molar-refractivity contribution in [1.82, 2.24) is 24.8 Å². The van der Waals surface area contributed by atoms with Crippen LogP contribution in [0.15, 0.2) is 61.2 Å². The Morgan fingerprint density at radius 3 is 2.81 bits per heavy atom. The van der Waals surface area contributed by atoms with Gasteiger partial charge in [-0.2, -0.15) is 0 Å². The van der Waals surface area contributed by atoms with E-state index in [9.17, 15) is 13.6 Å². The molecule has 0 unspecified atom stereocenters. The van der Waals surface area contributed by atoms with Crippen molar-refractivity contribution in [1.29, 1.82) is 0 Å². The number of halogens is 2. The Morgan fingerprint density at radius 1 is 1.12 bits per heavy atom. The van der Waals surface area contributed by atoms with Crippen LogP contribution in [0.25, 0.3) is 11.2 Å². The Balaban J connectivity index is 1.43. The smallest absolute Gasteiger partial charge is 0.328 e. The second-order valence-electron chi connectivity index (χ2n) is 7.66. The number of carbonyl (C=O) groups is 1. The van der Waals surface area contributed by atoms with Crippen LogP contribution < -0.4 is 10.2 Å². The molecule has 0 radical (unpaired) electrons. The van der Waals surface area contributed by atoms with Crippen molar-refractivity contribution in [2.75, 3.05) is 11.4 Å². The van der Waals surface area contributed by atoms with E-state index in [1.54, 1.807) is 24.5 Å². The summed E-state index contributed by atoms with van der Waals surface area (Å²) in [4.78, 5) is 27.6. The fourth-order valence-electron chi connectivity index (χ4n) is 4.09. The number of fused-ring (bicyclic) bond motifs is 1. The number of amides is 1. The summed E-state index contributed by atoms with van der Waals surface area (Å²) in [5.74, 6) is -0.321. The summed E-state index contributed by atoms with van der Waals surface area (Å²) in [6.45, 7) is 0.995. The lowest BCUT2D eigenvalue weighted by Crippen LogP contribution is -2.28. The number of imidazole rings is 1. The number of anilines is 1. The second-order valence-corrected chi connectivity index (χ2v) is 7.66. The first kappa shape index (κ1) is 20.0. The zero-order valence-corrected chi connectivity index (χ0v) is 17.1. The number of nitrogens with one attached hydrogen (secondary N) is 1. The topological polar surface area (TPSA) is 75.9 Å². The molecule has 1 aliphatic rings. The summed E-state index contributed by atoms with van der Waals surface area (Å²) in [5, 5.41) is 2.84. The zero-order valence-electron chi connectivity index (χ0n) is 17.1. The van der Waals surface area contributed by atoms with E-state index in [-0.39, 0.29) is 12.1 Å². The Labute approximate surface area is 182 Å². The van der Waals surface area contributed by atoms with Gasteiger partial charge in [0, 0.05) is 31.0 Å². The summed E-state index contributed by atoms with van der Waals surface area (Å²) in [7, 11) is 0. The van der Waals surface area contributed by atoms with E-state index in [4.69, 9.17) is 0 Å². The van der Waals surface area contributed by atoms with Crippen LogP contribution in [0, 0.1) is 11.6 Å². The maximum atomic E-state index is 14.4. The normalized spacial score (nSPS) is 15.9. The molecule has 32 heavy (non-hydrogen) atoms. The van der Waals surface area contributed by atoms with E-state index in [2.05, 4.69) is 20.3 Å². The molecule has 4 aromatic rings. The van der Waals surface area contributed by atoms with Crippen molar-refractivity contribution in [3.05, 3.63) is 83.9 Å². The maximum Gasteiger partial charge on any atom is 0.328 e. The molecule has 0 spiro atoms. The lowest BCUT2D eigenvalue weighted by atomic mass is 10.0. The SMILES string of the molecule is O=C(NCc1ccncc1)n1cnc2ccc(N3CCC[C@@H]3c3cc(F)ccc3F)nc21. The van der Waals surface area contributed by atoms with Gasteiger partial charge in [-0.3, -0.25) is 4.98 Å². The van der Waals surface area contributed by atoms with Crippen molar-refractivity contribution in [2.24, 2.45) is 0 Å². The third-order valence-corrected chi connectivity index (χ3v) is 5.66. The van der Waals surface area contributed by atoms with Crippen LogP contribution in [-0.4, -0.2) is 32.1 Å². The molecule has 1 atom stereocenters. The predicted octanol–water partition coefficient (Wildman–Crippen LogP) is 4.20. The molecule has 162 valence electrons. The average molecular weight is 434 g/mol. The molecule has 0 bridgehead atoms. The van der Waals surface area contributed by atoms with E-state index in [1.807, 2.05) is 17.0 Å². The van der Waals surface area contributed by atoms with Gasteiger partial charge in [0.2, 0.25) is 0 Å². The van der Waals surface area contributed by atoms with Crippen molar-refractivity contribution in [3.63, 3.8) is 0 Å². The summed E-state index contributed by atoms with van der Waals surface area (Å²) >= 11 is 0. The van der Waals surface area contributed by atoms with Gasteiger partial charge in [0.05, 0.1) is 6.04 Å². The van der Waals surface area contributed by atoms with Crippen LogP contribution in [0.3, 0.4) is 0 Å². The molecule has 4 heterocycles. The molecule has 1 N–H and O–H groups in total. The fourth-order valence-corrected chi connectivity index (χ4v) is 4.09. The van der Waals surface area contributed by atoms with Crippen LogP contribution in [-0.2, 0) is 6.54 Å².